The van der Waals surface area contributed by atoms with Gasteiger partial charge in [-0.3, -0.25) is 4.79 Å². The molecule has 6 nitrogen and oxygen atoms in total. The Bertz CT molecular complexity index is 859. The number of hydrogen-bond donors (Lipinski definition) is 1. The summed E-state index contributed by atoms with van der Waals surface area (Å²) in [6.45, 7) is 5.79. The standard InChI is InChI=1S/C21H26N4O2S/c1-14(2)22-21(27)24(4)13-20(26)25-18(16-9-7-15(3)8-10-16)12-17(23-25)19-6-5-11-28-19/h5-11,14,18H,12-13H2,1-4H3,(H,22,27). The van der Waals surface area contributed by atoms with E-state index in [1.807, 2.05) is 62.5 Å². The van der Waals surface area contributed by atoms with Gasteiger partial charge in [0.1, 0.15) is 6.54 Å². The Balaban J connectivity index is 1.81. The zero-order chi connectivity index (χ0) is 20.3. The van der Waals surface area contributed by atoms with Crippen molar-refractivity contribution < 1.29 is 9.59 Å². The van der Waals surface area contributed by atoms with Crippen LogP contribution in [0.4, 0.5) is 4.79 Å². The predicted molar refractivity (Wildman–Crippen MR) is 113 cm³/mol. The smallest absolute Gasteiger partial charge is 0.317 e. The molecule has 1 aromatic heterocycles. The molecule has 0 radical (unpaired) electrons. The summed E-state index contributed by atoms with van der Waals surface area (Å²) in [6, 6.07) is 11.8. The minimum absolute atomic E-state index is 0.0144. The highest BCUT2D eigenvalue weighted by atomic mass is 32.1. The number of carbonyl (C=O) groups is 2. The van der Waals surface area contributed by atoms with E-state index in [1.54, 1.807) is 23.4 Å². The van der Waals surface area contributed by atoms with Crippen molar-refractivity contribution in [3.8, 4) is 0 Å². The molecule has 1 unspecified atom stereocenters. The molecule has 0 spiro atoms. The van der Waals surface area contributed by atoms with Crippen LogP contribution in [-0.2, 0) is 4.79 Å². The topological polar surface area (TPSA) is 65.0 Å². The summed E-state index contributed by atoms with van der Waals surface area (Å²) in [5.41, 5.74) is 3.12. The summed E-state index contributed by atoms with van der Waals surface area (Å²) in [6.07, 6.45) is 0.664. The Morgan fingerprint density at radius 3 is 2.61 bits per heavy atom. The zero-order valence-electron chi connectivity index (χ0n) is 16.7. The van der Waals surface area contributed by atoms with E-state index in [2.05, 4.69) is 10.4 Å². The average molecular weight is 399 g/mol. The Morgan fingerprint density at radius 2 is 2.00 bits per heavy atom. The minimum Gasteiger partial charge on any atom is -0.336 e. The van der Waals surface area contributed by atoms with Crippen molar-refractivity contribution in [1.82, 2.24) is 15.2 Å². The molecule has 2 aromatic rings. The minimum atomic E-state index is -0.267. The first-order valence-corrected chi connectivity index (χ1v) is 10.2. The molecule has 148 valence electrons. The molecule has 1 atom stereocenters. The second-order valence-electron chi connectivity index (χ2n) is 7.35. The third-order valence-corrected chi connectivity index (χ3v) is 5.48. The van der Waals surface area contributed by atoms with Gasteiger partial charge in [0.15, 0.2) is 0 Å². The highest BCUT2D eigenvalue weighted by Crippen LogP contribution is 2.34. The van der Waals surface area contributed by atoms with E-state index in [-0.39, 0.29) is 30.6 Å². The predicted octanol–water partition coefficient (Wildman–Crippen LogP) is 3.78. The molecule has 28 heavy (non-hydrogen) atoms. The van der Waals surface area contributed by atoms with Gasteiger partial charge in [0, 0.05) is 19.5 Å². The molecule has 0 bridgehead atoms. The molecular weight excluding hydrogens is 372 g/mol. The molecule has 0 fully saturated rings. The quantitative estimate of drug-likeness (QED) is 0.833. The molecule has 1 N–H and O–H groups in total. The van der Waals surface area contributed by atoms with Gasteiger partial charge in [-0.25, -0.2) is 9.80 Å². The Morgan fingerprint density at radius 1 is 1.29 bits per heavy atom. The second-order valence-corrected chi connectivity index (χ2v) is 8.30. The fourth-order valence-corrected chi connectivity index (χ4v) is 3.81. The zero-order valence-corrected chi connectivity index (χ0v) is 17.5. The van der Waals surface area contributed by atoms with Crippen LogP contribution in [0.3, 0.4) is 0 Å². The van der Waals surface area contributed by atoms with Crippen molar-refractivity contribution in [2.24, 2.45) is 5.10 Å². The van der Waals surface area contributed by atoms with Crippen molar-refractivity contribution >= 4 is 29.0 Å². The molecule has 1 aromatic carbocycles. The van der Waals surface area contributed by atoms with Crippen LogP contribution in [0.1, 0.15) is 42.3 Å². The van der Waals surface area contributed by atoms with Gasteiger partial charge in [0.05, 0.1) is 16.6 Å². The molecular formula is C21H26N4O2S. The van der Waals surface area contributed by atoms with Crippen LogP contribution in [0.25, 0.3) is 0 Å². The van der Waals surface area contributed by atoms with E-state index in [9.17, 15) is 9.59 Å². The maximum absolute atomic E-state index is 13.0. The monoisotopic (exact) mass is 398 g/mol. The number of amides is 3. The van der Waals surface area contributed by atoms with Gasteiger partial charge in [0.2, 0.25) is 0 Å². The third-order valence-electron chi connectivity index (χ3n) is 4.56. The third kappa shape index (κ3) is 4.59. The van der Waals surface area contributed by atoms with Crippen LogP contribution in [0.5, 0.6) is 0 Å². The highest BCUT2D eigenvalue weighted by Gasteiger charge is 2.34. The van der Waals surface area contributed by atoms with E-state index in [0.29, 0.717) is 6.42 Å². The van der Waals surface area contributed by atoms with Crippen LogP contribution in [-0.4, -0.2) is 47.2 Å². The molecule has 0 aliphatic carbocycles. The van der Waals surface area contributed by atoms with Crippen molar-refractivity contribution in [3.05, 3.63) is 57.8 Å². The molecule has 7 heteroatoms. The summed E-state index contributed by atoms with van der Waals surface area (Å²) in [5.74, 6) is -0.196. The molecule has 1 aliphatic heterocycles. The van der Waals surface area contributed by atoms with Crippen molar-refractivity contribution in [1.29, 1.82) is 0 Å². The summed E-state index contributed by atoms with van der Waals surface area (Å²) in [7, 11) is 1.62. The highest BCUT2D eigenvalue weighted by molar-refractivity contribution is 7.12. The van der Waals surface area contributed by atoms with E-state index < -0.39 is 0 Å². The number of likely N-dealkylation sites (N-methyl/N-ethyl adjacent to an activating group) is 1. The number of aryl methyl sites for hydroxylation is 1. The molecule has 3 amide bonds. The van der Waals surface area contributed by atoms with E-state index in [0.717, 1.165) is 16.2 Å². The normalized spacial score (nSPS) is 16.2. The lowest BCUT2D eigenvalue weighted by Gasteiger charge is -2.25. The van der Waals surface area contributed by atoms with Crippen LogP contribution in [0.2, 0.25) is 0 Å². The first-order chi connectivity index (χ1) is 13.3. The van der Waals surface area contributed by atoms with Gasteiger partial charge in [0.25, 0.3) is 5.91 Å². The molecule has 1 aliphatic rings. The van der Waals surface area contributed by atoms with E-state index >= 15 is 0 Å². The average Bonchev–Trinajstić information content (AvgIpc) is 3.31. The first-order valence-electron chi connectivity index (χ1n) is 9.36. The SMILES string of the molecule is Cc1ccc(C2CC(c3cccs3)=NN2C(=O)CN(C)C(=O)NC(C)C)cc1. The number of hydrogen-bond acceptors (Lipinski definition) is 4. The lowest BCUT2D eigenvalue weighted by Crippen LogP contribution is -2.45. The molecule has 0 saturated heterocycles. The lowest BCUT2D eigenvalue weighted by molar-refractivity contribution is -0.133. The van der Waals surface area contributed by atoms with Crippen LogP contribution < -0.4 is 5.32 Å². The van der Waals surface area contributed by atoms with Gasteiger partial charge in [-0.2, -0.15) is 5.10 Å². The summed E-state index contributed by atoms with van der Waals surface area (Å²) >= 11 is 1.62. The number of carbonyl (C=O) groups excluding carboxylic acids is 2. The van der Waals surface area contributed by atoms with E-state index in [1.165, 1.54) is 10.5 Å². The fraction of sp³-hybridized carbons (Fsp3) is 0.381. The van der Waals surface area contributed by atoms with Crippen molar-refractivity contribution in [2.75, 3.05) is 13.6 Å². The lowest BCUT2D eigenvalue weighted by atomic mass is 10.00. The maximum atomic E-state index is 13.0. The summed E-state index contributed by atoms with van der Waals surface area (Å²) < 4.78 is 0. The number of rotatable bonds is 5. The Hall–Kier alpha value is -2.67. The largest absolute Gasteiger partial charge is 0.336 e. The number of nitrogens with one attached hydrogen (secondary N) is 1. The first kappa shape index (κ1) is 20.1. The Labute approximate surface area is 169 Å². The number of nitrogens with zero attached hydrogens (tertiary/aromatic N) is 3. The van der Waals surface area contributed by atoms with Gasteiger partial charge in [-0.1, -0.05) is 35.9 Å². The number of thiophene rings is 1. The molecule has 0 saturated carbocycles. The van der Waals surface area contributed by atoms with Crippen molar-refractivity contribution in [2.45, 2.75) is 39.3 Å². The van der Waals surface area contributed by atoms with Gasteiger partial charge < -0.3 is 10.2 Å². The Kier molecular flexibility index (Phi) is 6.14. The number of benzene rings is 1. The van der Waals surface area contributed by atoms with E-state index in [4.69, 9.17) is 0 Å². The van der Waals surface area contributed by atoms with Gasteiger partial charge in [-0.05, 0) is 37.8 Å². The summed E-state index contributed by atoms with van der Waals surface area (Å²) in [5, 5.41) is 11.0. The van der Waals surface area contributed by atoms with Gasteiger partial charge in [-0.15, -0.1) is 11.3 Å². The second kappa shape index (κ2) is 8.56. The van der Waals surface area contributed by atoms with Crippen LogP contribution in [0.15, 0.2) is 46.9 Å². The molecule has 2 heterocycles. The maximum Gasteiger partial charge on any atom is 0.317 e. The number of urea groups is 1. The van der Waals surface area contributed by atoms with Crippen LogP contribution in [0, 0.1) is 6.92 Å². The summed E-state index contributed by atoms with van der Waals surface area (Å²) in [4.78, 5) is 27.6. The fourth-order valence-electron chi connectivity index (χ4n) is 3.08. The van der Waals surface area contributed by atoms with Gasteiger partial charge >= 0.3 is 6.03 Å². The number of hydrazone groups is 1. The van der Waals surface area contributed by atoms with Crippen molar-refractivity contribution in [3.63, 3.8) is 0 Å². The molecule has 3 rings (SSSR count). The van der Waals surface area contributed by atoms with Crippen LogP contribution >= 0.6 is 11.3 Å².